The molecule has 0 unspecified atom stereocenters. The lowest BCUT2D eigenvalue weighted by Crippen LogP contribution is -2.05. The molecule has 5 nitrogen and oxygen atoms in total. The van der Waals surface area contributed by atoms with Crippen molar-refractivity contribution in [2.75, 3.05) is 0 Å². The fourth-order valence-electron chi connectivity index (χ4n) is 1.81. The summed E-state index contributed by atoms with van der Waals surface area (Å²) in [6, 6.07) is 8.34. The molecule has 2 rings (SSSR count). The number of nitro benzene ring substituents is 1. The van der Waals surface area contributed by atoms with Crippen LogP contribution < -0.4 is 10.5 Å². The number of nitrogens with zero attached hydrogens (tertiary/aromatic N) is 1. The van der Waals surface area contributed by atoms with E-state index in [4.69, 9.17) is 10.5 Å². The van der Waals surface area contributed by atoms with E-state index in [1.165, 1.54) is 24.3 Å². The Labute approximate surface area is 121 Å². The number of aryl methyl sites for hydroxylation is 1. The van der Waals surface area contributed by atoms with Crippen LogP contribution in [0.4, 0.5) is 10.1 Å². The Hall–Kier alpha value is -2.47. The van der Waals surface area contributed by atoms with Gasteiger partial charge in [0, 0.05) is 12.1 Å². The molecule has 1 atom stereocenters. The summed E-state index contributed by atoms with van der Waals surface area (Å²) >= 11 is 0. The second kappa shape index (κ2) is 5.88. The molecule has 0 heterocycles. The maximum Gasteiger partial charge on any atom is 0.273 e. The highest BCUT2D eigenvalue weighted by Crippen LogP contribution is 2.31. The van der Waals surface area contributed by atoms with Crippen LogP contribution in [0.15, 0.2) is 36.4 Å². The molecule has 0 aromatic heterocycles. The number of hydrogen-bond acceptors (Lipinski definition) is 4. The third-order valence-electron chi connectivity index (χ3n) is 3.08. The van der Waals surface area contributed by atoms with Gasteiger partial charge in [-0.2, -0.15) is 0 Å². The van der Waals surface area contributed by atoms with Gasteiger partial charge in [-0.3, -0.25) is 10.1 Å². The van der Waals surface area contributed by atoms with Gasteiger partial charge in [-0.15, -0.1) is 0 Å². The predicted molar refractivity (Wildman–Crippen MR) is 76.9 cm³/mol. The molecule has 6 heteroatoms. The first-order chi connectivity index (χ1) is 9.88. The predicted octanol–water partition coefficient (Wildman–Crippen LogP) is 3.85. The lowest BCUT2D eigenvalue weighted by atomic mass is 10.1. The molecule has 0 saturated heterocycles. The van der Waals surface area contributed by atoms with Gasteiger partial charge < -0.3 is 10.5 Å². The fourth-order valence-corrected chi connectivity index (χ4v) is 1.81. The van der Waals surface area contributed by atoms with Crippen LogP contribution in [0.2, 0.25) is 0 Å². The smallest absolute Gasteiger partial charge is 0.273 e. The highest BCUT2D eigenvalue weighted by atomic mass is 19.1. The Morgan fingerprint density at radius 1 is 1.24 bits per heavy atom. The van der Waals surface area contributed by atoms with Crippen molar-refractivity contribution in [2.24, 2.45) is 5.73 Å². The Bertz CT molecular complexity index is 687. The number of nitro groups is 1. The van der Waals surface area contributed by atoms with Crippen LogP contribution >= 0.6 is 0 Å². The molecular weight excluding hydrogens is 275 g/mol. The minimum atomic E-state index is -0.560. The molecule has 0 aliphatic heterocycles. The molecular formula is C15H15FN2O3. The van der Waals surface area contributed by atoms with E-state index < -0.39 is 10.7 Å². The average Bonchev–Trinajstić information content (AvgIpc) is 2.42. The van der Waals surface area contributed by atoms with Crippen molar-refractivity contribution in [1.29, 1.82) is 0 Å². The zero-order chi connectivity index (χ0) is 15.6. The summed E-state index contributed by atoms with van der Waals surface area (Å²) < 4.78 is 19.4. The minimum absolute atomic E-state index is 0.00278. The van der Waals surface area contributed by atoms with Crippen molar-refractivity contribution in [3.8, 4) is 11.5 Å². The van der Waals surface area contributed by atoms with Crippen molar-refractivity contribution < 1.29 is 14.1 Å². The van der Waals surface area contributed by atoms with Crippen LogP contribution in [-0.4, -0.2) is 4.92 Å². The van der Waals surface area contributed by atoms with Crippen LogP contribution in [0.1, 0.15) is 24.1 Å². The number of non-ortho nitro benzene ring substituents is 1. The lowest BCUT2D eigenvalue weighted by molar-refractivity contribution is -0.384. The summed E-state index contributed by atoms with van der Waals surface area (Å²) in [6.07, 6.45) is 0. The maximum absolute atomic E-state index is 14.0. The van der Waals surface area contributed by atoms with Gasteiger partial charge in [-0.05, 0) is 43.2 Å². The molecule has 2 aromatic carbocycles. The van der Waals surface area contributed by atoms with Crippen molar-refractivity contribution in [1.82, 2.24) is 0 Å². The van der Waals surface area contributed by atoms with Crippen molar-refractivity contribution >= 4 is 5.69 Å². The average molecular weight is 290 g/mol. The SMILES string of the molecule is Cc1ccc([N+](=O)[O-])cc1Oc1ccc([C@H](C)N)cc1F. The Morgan fingerprint density at radius 3 is 2.52 bits per heavy atom. The molecule has 0 bridgehead atoms. The number of benzene rings is 2. The monoisotopic (exact) mass is 290 g/mol. The summed E-state index contributed by atoms with van der Waals surface area (Å²) in [5.74, 6) is -0.310. The first-order valence-corrected chi connectivity index (χ1v) is 6.36. The fraction of sp³-hybridized carbons (Fsp3) is 0.200. The standard InChI is InChI=1S/C15H15FN2O3/c1-9-3-5-12(18(19)20)8-15(9)21-14-6-4-11(10(2)17)7-13(14)16/h3-8,10H,17H2,1-2H3/t10-/m0/s1. The third kappa shape index (κ3) is 3.35. The van der Waals surface area contributed by atoms with E-state index in [1.807, 2.05) is 0 Å². The van der Waals surface area contributed by atoms with Gasteiger partial charge >= 0.3 is 0 Å². The summed E-state index contributed by atoms with van der Waals surface area (Å²) in [5.41, 5.74) is 6.90. The third-order valence-corrected chi connectivity index (χ3v) is 3.08. The number of nitrogens with two attached hydrogens (primary N) is 1. The van der Waals surface area contributed by atoms with E-state index in [9.17, 15) is 14.5 Å². The molecule has 0 spiro atoms. The number of halogens is 1. The lowest BCUT2D eigenvalue weighted by Gasteiger charge is -2.11. The van der Waals surface area contributed by atoms with Crippen LogP contribution in [0.5, 0.6) is 11.5 Å². The molecule has 110 valence electrons. The van der Waals surface area contributed by atoms with E-state index in [0.717, 1.165) is 0 Å². The second-order valence-corrected chi connectivity index (χ2v) is 4.79. The van der Waals surface area contributed by atoms with Gasteiger partial charge in [-0.25, -0.2) is 4.39 Å². The van der Waals surface area contributed by atoms with Crippen molar-refractivity contribution in [2.45, 2.75) is 19.9 Å². The zero-order valence-corrected chi connectivity index (χ0v) is 11.7. The van der Waals surface area contributed by atoms with E-state index >= 15 is 0 Å². The van der Waals surface area contributed by atoms with Crippen LogP contribution in [-0.2, 0) is 0 Å². The zero-order valence-electron chi connectivity index (χ0n) is 11.7. The van der Waals surface area contributed by atoms with Gasteiger partial charge in [-0.1, -0.05) is 6.07 Å². The Balaban J connectivity index is 2.34. The van der Waals surface area contributed by atoms with E-state index in [1.54, 1.807) is 26.0 Å². The van der Waals surface area contributed by atoms with Crippen LogP contribution in [0.3, 0.4) is 0 Å². The quantitative estimate of drug-likeness (QED) is 0.685. The molecule has 21 heavy (non-hydrogen) atoms. The highest BCUT2D eigenvalue weighted by molar-refractivity contribution is 5.46. The van der Waals surface area contributed by atoms with Crippen LogP contribution in [0.25, 0.3) is 0 Å². The first kappa shape index (κ1) is 14.9. The Morgan fingerprint density at radius 2 is 1.95 bits per heavy atom. The maximum atomic E-state index is 14.0. The minimum Gasteiger partial charge on any atom is -0.454 e. The molecule has 0 aliphatic rings. The number of hydrogen-bond donors (Lipinski definition) is 1. The van der Waals surface area contributed by atoms with Crippen LogP contribution in [0, 0.1) is 22.9 Å². The molecule has 0 radical (unpaired) electrons. The van der Waals surface area contributed by atoms with E-state index in [0.29, 0.717) is 11.1 Å². The van der Waals surface area contributed by atoms with Gasteiger partial charge in [0.05, 0.1) is 11.0 Å². The van der Waals surface area contributed by atoms with Gasteiger partial charge in [0.25, 0.3) is 5.69 Å². The highest BCUT2D eigenvalue weighted by Gasteiger charge is 2.13. The van der Waals surface area contributed by atoms with Gasteiger partial charge in [0.15, 0.2) is 11.6 Å². The normalized spacial score (nSPS) is 12.0. The first-order valence-electron chi connectivity index (χ1n) is 6.36. The summed E-state index contributed by atoms with van der Waals surface area (Å²) in [4.78, 5) is 10.2. The topological polar surface area (TPSA) is 78.4 Å². The molecule has 0 aliphatic carbocycles. The van der Waals surface area contributed by atoms with Gasteiger partial charge in [0.2, 0.25) is 0 Å². The molecule has 0 saturated carbocycles. The van der Waals surface area contributed by atoms with Crippen molar-refractivity contribution in [3.63, 3.8) is 0 Å². The van der Waals surface area contributed by atoms with Gasteiger partial charge in [0.1, 0.15) is 5.75 Å². The second-order valence-electron chi connectivity index (χ2n) is 4.79. The molecule has 2 aromatic rings. The molecule has 0 amide bonds. The van der Waals surface area contributed by atoms with E-state index in [2.05, 4.69) is 0 Å². The van der Waals surface area contributed by atoms with E-state index in [-0.39, 0.29) is 23.2 Å². The molecule has 0 fully saturated rings. The summed E-state index contributed by atoms with van der Waals surface area (Å²) in [7, 11) is 0. The largest absolute Gasteiger partial charge is 0.454 e. The summed E-state index contributed by atoms with van der Waals surface area (Å²) in [6.45, 7) is 3.48. The molecule has 2 N–H and O–H groups in total. The van der Waals surface area contributed by atoms with Crippen molar-refractivity contribution in [3.05, 3.63) is 63.5 Å². The number of rotatable bonds is 4. The Kier molecular flexibility index (Phi) is 4.18. The summed E-state index contributed by atoms with van der Waals surface area (Å²) in [5, 5.41) is 10.8. The number of ether oxygens (including phenoxy) is 1.